The molecule has 0 fully saturated rings. The summed E-state index contributed by atoms with van der Waals surface area (Å²) < 4.78 is 7.42. The highest BCUT2D eigenvalue weighted by molar-refractivity contribution is 7.26. The van der Waals surface area contributed by atoms with E-state index in [1.807, 2.05) is 11.3 Å². The predicted octanol–water partition coefficient (Wildman–Crippen LogP) is 15.2. The fraction of sp³-hybridized carbons (Fsp3) is 0. The van der Waals surface area contributed by atoms with Crippen molar-refractivity contribution in [2.45, 2.75) is 0 Å². The van der Waals surface area contributed by atoms with E-state index in [1.165, 1.54) is 109 Å². The van der Waals surface area contributed by atoms with Crippen molar-refractivity contribution in [2.24, 2.45) is 0 Å². The first-order valence-electron chi connectivity index (χ1n) is 19.5. The predicted molar refractivity (Wildman–Crippen MR) is 244 cm³/mol. The number of nitrogens with zero attached hydrogens (tertiary/aromatic N) is 2. The molecule has 0 bridgehead atoms. The smallest absolute Gasteiger partial charge is 0.0541 e. The van der Waals surface area contributed by atoms with E-state index in [4.69, 9.17) is 0 Å². The Morgan fingerprint density at radius 3 is 1.47 bits per heavy atom. The van der Waals surface area contributed by atoms with Crippen molar-refractivity contribution < 1.29 is 0 Å². The van der Waals surface area contributed by atoms with Crippen LogP contribution in [0.5, 0.6) is 0 Å². The Hall–Kier alpha value is -7.20. The zero-order valence-electron chi connectivity index (χ0n) is 30.9. The lowest BCUT2D eigenvalue weighted by molar-refractivity contribution is 1.18. The highest BCUT2D eigenvalue weighted by Crippen LogP contribution is 2.43. The third-order valence-corrected chi connectivity index (χ3v) is 12.9. The van der Waals surface area contributed by atoms with Gasteiger partial charge in [0.15, 0.2) is 0 Å². The summed E-state index contributed by atoms with van der Waals surface area (Å²) in [5, 5.41) is 7.67. The van der Waals surface area contributed by atoms with Crippen molar-refractivity contribution in [3.05, 3.63) is 206 Å². The van der Waals surface area contributed by atoms with E-state index in [9.17, 15) is 0 Å². The largest absolute Gasteiger partial charge is 0.309 e. The van der Waals surface area contributed by atoms with E-state index < -0.39 is 0 Å². The first-order valence-corrected chi connectivity index (χ1v) is 20.3. The lowest BCUT2D eigenvalue weighted by atomic mass is 9.97. The monoisotopic (exact) mass is 742 g/mol. The fourth-order valence-corrected chi connectivity index (χ4v) is 10.3. The van der Waals surface area contributed by atoms with Gasteiger partial charge in [-0.25, -0.2) is 0 Å². The van der Waals surface area contributed by atoms with Crippen LogP contribution in [0.2, 0.25) is 0 Å². The molecule has 12 rings (SSSR count). The van der Waals surface area contributed by atoms with E-state index in [0.29, 0.717) is 0 Å². The molecule has 3 aromatic heterocycles. The molecule has 0 aliphatic rings. The van der Waals surface area contributed by atoms with Gasteiger partial charge in [-0.2, -0.15) is 0 Å². The summed E-state index contributed by atoms with van der Waals surface area (Å²) in [5.74, 6) is 0. The molecule has 0 radical (unpaired) electrons. The molecule has 0 atom stereocenters. The number of hydrogen-bond donors (Lipinski definition) is 0. The van der Waals surface area contributed by atoms with Crippen LogP contribution in [0.25, 0.3) is 109 Å². The van der Waals surface area contributed by atoms with Crippen LogP contribution < -0.4 is 0 Å². The van der Waals surface area contributed by atoms with E-state index in [1.54, 1.807) is 0 Å². The lowest BCUT2D eigenvalue weighted by Crippen LogP contribution is -1.93. The van der Waals surface area contributed by atoms with Gasteiger partial charge in [0, 0.05) is 53.1 Å². The molecule has 2 nitrogen and oxygen atoms in total. The van der Waals surface area contributed by atoms with Crippen LogP contribution >= 0.6 is 11.3 Å². The summed E-state index contributed by atoms with van der Waals surface area (Å²) in [5.41, 5.74) is 14.6. The maximum Gasteiger partial charge on any atom is 0.0541 e. The highest BCUT2D eigenvalue weighted by atomic mass is 32.1. The minimum Gasteiger partial charge on any atom is -0.309 e. The van der Waals surface area contributed by atoms with Crippen LogP contribution in [0.1, 0.15) is 0 Å². The number of thiophene rings is 1. The number of hydrogen-bond acceptors (Lipinski definition) is 1. The Kier molecular flexibility index (Phi) is 7.13. The minimum absolute atomic E-state index is 1.17. The number of aromatic nitrogens is 2. The third kappa shape index (κ3) is 5.03. The molecule has 0 spiro atoms. The zero-order chi connectivity index (χ0) is 37.5. The standard InChI is InChI=1S/C54H34N2S/c1-3-12-35(13-4-1)36-22-24-37(25-23-36)42-18-11-21-52-54(42)45-29-28-41(34-53(45)57-52)56-49-20-10-8-17-44(49)47-33-39(27-31-51(47)56)38-26-30-50-46(32-38)43-16-7-9-19-48(43)55(50)40-14-5-2-6-15-40/h1-34H. The maximum atomic E-state index is 2.44. The van der Waals surface area contributed by atoms with Crippen molar-refractivity contribution in [2.75, 3.05) is 0 Å². The Morgan fingerprint density at radius 1 is 0.281 bits per heavy atom. The molecule has 0 aliphatic carbocycles. The topological polar surface area (TPSA) is 9.86 Å². The van der Waals surface area contributed by atoms with Crippen molar-refractivity contribution in [3.63, 3.8) is 0 Å². The van der Waals surface area contributed by atoms with Crippen molar-refractivity contribution in [1.29, 1.82) is 0 Å². The van der Waals surface area contributed by atoms with Gasteiger partial charge in [-0.15, -0.1) is 11.3 Å². The number of para-hydroxylation sites is 3. The van der Waals surface area contributed by atoms with Crippen LogP contribution in [0, 0.1) is 0 Å². The molecule has 9 aromatic carbocycles. The molecule has 0 aliphatic heterocycles. The molecule has 3 heteroatoms. The molecule has 3 heterocycles. The first-order chi connectivity index (χ1) is 28.3. The first kappa shape index (κ1) is 32.1. The van der Waals surface area contributed by atoms with Gasteiger partial charge < -0.3 is 9.13 Å². The van der Waals surface area contributed by atoms with E-state index in [-0.39, 0.29) is 0 Å². The van der Waals surface area contributed by atoms with Crippen LogP contribution in [-0.4, -0.2) is 9.13 Å². The molecule has 12 aromatic rings. The summed E-state index contributed by atoms with van der Waals surface area (Å²) in [6.07, 6.45) is 0. The second-order valence-corrected chi connectivity index (χ2v) is 16.0. The van der Waals surface area contributed by atoms with Gasteiger partial charge in [-0.05, 0) is 100 Å². The molecular formula is C54H34N2S. The van der Waals surface area contributed by atoms with Gasteiger partial charge in [0.05, 0.1) is 22.1 Å². The summed E-state index contributed by atoms with van der Waals surface area (Å²) in [6, 6.07) is 75.6. The second kappa shape index (κ2) is 12.7. The van der Waals surface area contributed by atoms with Crippen LogP contribution in [0.15, 0.2) is 206 Å². The Labute approximate surface area is 333 Å². The Balaban J connectivity index is 0.972. The highest BCUT2D eigenvalue weighted by Gasteiger charge is 2.18. The van der Waals surface area contributed by atoms with Crippen LogP contribution in [-0.2, 0) is 0 Å². The quantitative estimate of drug-likeness (QED) is 0.166. The molecule has 57 heavy (non-hydrogen) atoms. The average Bonchev–Trinajstić information content (AvgIpc) is 3.94. The molecule has 0 saturated heterocycles. The SMILES string of the molecule is c1ccc(-c2ccc(-c3cccc4sc5cc(-n6c7ccccc7c7cc(-c8ccc9c(c8)c8ccccc8n9-c8ccccc8)ccc76)ccc5c34)cc2)cc1. The van der Waals surface area contributed by atoms with Crippen LogP contribution in [0.3, 0.4) is 0 Å². The number of rotatable bonds is 5. The summed E-state index contributed by atoms with van der Waals surface area (Å²) in [7, 11) is 0. The molecular weight excluding hydrogens is 709 g/mol. The average molecular weight is 743 g/mol. The molecule has 0 unspecified atom stereocenters. The van der Waals surface area contributed by atoms with Gasteiger partial charge in [-0.3, -0.25) is 0 Å². The molecule has 0 saturated carbocycles. The maximum absolute atomic E-state index is 2.44. The van der Waals surface area contributed by atoms with Gasteiger partial charge in [-0.1, -0.05) is 140 Å². The zero-order valence-corrected chi connectivity index (χ0v) is 31.7. The third-order valence-electron chi connectivity index (χ3n) is 11.7. The lowest BCUT2D eigenvalue weighted by Gasteiger charge is -2.10. The molecule has 266 valence electrons. The van der Waals surface area contributed by atoms with Gasteiger partial charge in [0.1, 0.15) is 0 Å². The van der Waals surface area contributed by atoms with E-state index >= 15 is 0 Å². The van der Waals surface area contributed by atoms with Gasteiger partial charge in [0.25, 0.3) is 0 Å². The Morgan fingerprint density at radius 2 is 0.807 bits per heavy atom. The van der Waals surface area contributed by atoms with Crippen molar-refractivity contribution in [1.82, 2.24) is 9.13 Å². The van der Waals surface area contributed by atoms with E-state index in [2.05, 4.69) is 215 Å². The molecule has 0 amide bonds. The van der Waals surface area contributed by atoms with E-state index in [0.717, 1.165) is 0 Å². The van der Waals surface area contributed by atoms with Crippen LogP contribution in [0.4, 0.5) is 0 Å². The second-order valence-electron chi connectivity index (χ2n) is 14.9. The number of fused-ring (bicyclic) bond motifs is 9. The summed E-state index contributed by atoms with van der Waals surface area (Å²) in [4.78, 5) is 0. The summed E-state index contributed by atoms with van der Waals surface area (Å²) >= 11 is 1.88. The minimum atomic E-state index is 1.17. The van der Waals surface area contributed by atoms with Gasteiger partial charge in [0.2, 0.25) is 0 Å². The fourth-order valence-electron chi connectivity index (χ4n) is 9.11. The van der Waals surface area contributed by atoms with Crippen molar-refractivity contribution in [3.8, 4) is 44.8 Å². The van der Waals surface area contributed by atoms with Crippen molar-refractivity contribution >= 4 is 75.1 Å². The van der Waals surface area contributed by atoms with Gasteiger partial charge >= 0.3 is 0 Å². The summed E-state index contributed by atoms with van der Waals surface area (Å²) in [6.45, 7) is 0. The number of benzene rings is 9. The Bertz CT molecular complexity index is 3490. The molecule has 0 N–H and O–H groups in total. The normalized spacial score (nSPS) is 11.9.